The van der Waals surface area contributed by atoms with Gasteiger partial charge in [-0.2, -0.15) is 0 Å². The maximum Gasteiger partial charge on any atom is 0.244 e. The third kappa shape index (κ3) is 0.558. The Bertz CT molecular complexity index is 210. The maximum absolute atomic E-state index is 11.0. The van der Waals surface area contributed by atoms with Gasteiger partial charge in [-0.25, -0.2) is 0 Å². The van der Waals surface area contributed by atoms with E-state index in [1.807, 2.05) is 0 Å². The summed E-state index contributed by atoms with van der Waals surface area (Å²) in [5.41, 5.74) is 2.47. The Morgan fingerprint density at radius 2 is 2.20 bits per heavy atom. The molecular formula is C6H8N2O2. The monoisotopic (exact) mass is 140 g/mol. The van der Waals surface area contributed by atoms with E-state index in [9.17, 15) is 9.59 Å². The van der Waals surface area contributed by atoms with Crippen LogP contribution < -0.4 is 5.43 Å². The first-order chi connectivity index (χ1) is 4.70. The fraction of sp³-hybridized carbons (Fsp3) is 0.667. The number of carbonyl (C=O) groups excluding carboxylic acids is 2. The summed E-state index contributed by atoms with van der Waals surface area (Å²) in [6.45, 7) is 0. The van der Waals surface area contributed by atoms with E-state index in [-0.39, 0.29) is 23.7 Å². The van der Waals surface area contributed by atoms with Crippen LogP contribution >= 0.6 is 0 Å². The molecule has 1 aliphatic carbocycles. The average Bonchev–Trinajstić information content (AvgIpc) is 2.61. The zero-order chi connectivity index (χ0) is 7.30. The molecule has 1 heterocycles. The van der Waals surface area contributed by atoms with Crippen LogP contribution in [0.5, 0.6) is 0 Å². The summed E-state index contributed by atoms with van der Waals surface area (Å²) in [6, 6.07) is 0. The van der Waals surface area contributed by atoms with Gasteiger partial charge in [-0.15, -0.1) is 0 Å². The van der Waals surface area contributed by atoms with Crippen molar-refractivity contribution in [1.29, 1.82) is 0 Å². The number of hydrogen-bond acceptors (Lipinski definition) is 2. The SMILES string of the molecule is CN1NC(=O)[C@H]2C[C@@H]2C1=O. The molecule has 0 aromatic carbocycles. The van der Waals surface area contributed by atoms with Gasteiger partial charge < -0.3 is 0 Å². The Kier molecular flexibility index (Phi) is 0.859. The predicted molar refractivity (Wildman–Crippen MR) is 32.5 cm³/mol. The highest BCUT2D eigenvalue weighted by Crippen LogP contribution is 2.41. The molecule has 2 rings (SSSR count). The van der Waals surface area contributed by atoms with Crippen LogP contribution in [0.1, 0.15) is 6.42 Å². The van der Waals surface area contributed by atoms with Crippen molar-refractivity contribution < 1.29 is 9.59 Å². The van der Waals surface area contributed by atoms with Crippen molar-refractivity contribution in [2.24, 2.45) is 11.8 Å². The molecule has 1 saturated carbocycles. The van der Waals surface area contributed by atoms with Crippen LogP contribution in [0, 0.1) is 11.8 Å². The lowest BCUT2D eigenvalue weighted by Gasteiger charge is -2.21. The van der Waals surface area contributed by atoms with E-state index in [4.69, 9.17) is 0 Å². The molecule has 2 atom stereocenters. The molecule has 0 aromatic heterocycles. The fourth-order valence-corrected chi connectivity index (χ4v) is 1.31. The van der Waals surface area contributed by atoms with Gasteiger partial charge in [-0.05, 0) is 6.42 Å². The summed E-state index contributed by atoms with van der Waals surface area (Å²) in [6.07, 6.45) is 0.745. The first-order valence-corrected chi connectivity index (χ1v) is 3.28. The van der Waals surface area contributed by atoms with Gasteiger partial charge in [0.2, 0.25) is 11.8 Å². The molecule has 0 spiro atoms. The third-order valence-electron chi connectivity index (χ3n) is 2.05. The first kappa shape index (κ1) is 5.70. The number of amides is 2. The quantitative estimate of drug-likeness (QED) is 0.475. The highest BCUT2D eigenvalue weighted by molar-refractivity contribution is 5.96. The molecule has 2 aliphatic rings. The number of nitrogens with zero attached hydrogens (tertiary/aromatic N) is 1. The van der Waals surface area contributed by atoms with Crippen molar-refractivity contribution in [2.75, 3.05) is 7.05 Å². The Hall–Kier alpha value is -1.06. The minimum atomic E-state index is -0.0105. The van der Waals surface area contributed by atoms with Gasteiger partial charge in [0.25, 0.3) is 0 Å². The predicted octanol–water partition coefficient (Wildman–Crippen LogP) is -0.874. The molecule has 4 heteroatoms. The van der Waals surface area contributed by atoms with Gasteiger partial charge in [0, 0.05) is 7.05 Å². The molecule has 1 N–H and O–H groups in total. The zero-order valence-corrected chi connectivity index (χ0v) is 5.63. The van der Waals surface area contributed by atoms with Gasteiger partial charge >= 0.3 is 0 Å². The van der Waals surface area contributed by atoms with Crippen LogP contribution in [0.15, 0.2) is 0 Å². The van der Waals surface area contributed by atoms with E-state index < -0.39 is 0 Å². The van der Waals surface area contributed by atoms with Gasteiger partial charge in [0.05, 0.1) is 11.8 Å². The largest absolute Gasteiger partial charge is 0.273 e. The van der Waals surface area contributed by atoms with Crippen molar-refractivity contribution in [3.05, 3.63) is 0 Å². The Balaban J connectivity index is 2.20. The average molecular weight is 140 g/mol. The molecule has 2 fully saturated rings. The van der Waals surface area contributed by atoms with E-state index >= 15 is 0 Å². The van der Waals surface area contributed by atoms with Gasteiger partial charge in [0.1, 0.15) is 0 Å². The third-order valence-corrected chi connectivity index (χ3v) is 2.05. The molecule has 0 unspecified atom stereocenters. The number of nitrogens with one attached hydrogen (secondary N) is 1. The molecule has 0 aromatic rings. The van der Waals surface area contributed by atoms with Crippen molar-refractivity contribution in [3.63, 3.8) is 0 Å². The van der Waals surface area contributed by atoms with Crippen LogP contribution in [0.3, 0.4) is 0 Å². The molecular weight excluding hydrogens is 132 g/mol. The standard InChI is InChI=1S/C6H8N2O2/c1-8-6(10)4-2-3(4)5(9)7-8/h3-4H,2H2,1H3,(H,7,9)/t3-,4-/m0/s1. The highest BCUT2D eigenvalue weighted by atomic mass is 16.2. The highest BCUT2D eigenvalue weighted by Gasteiger charge is 2.53. The second kappa shape index (κ2) is 1.51. The smallest absolute Gasteiger partial charge is 0.244 e. The number of rotatable bonds is 0. The summed E-state index contributed by atoms with van der Waals surface area (Å²) < 4.78 is 0. The molecule has 54 valence electrons. The summed E-state index contributed by atoms with van der Waals surface area (Å²) in [5.74, 6) is 0.0270. The molecule has 2 amide bonds. The molecule has 4 nitrogen and oxygen atoms in total. The summed E-state index contributed by atoms with van der Waals surface area (Å²) in [5, 5.41) is 1.27. The van der Waals surface area contributed by atoms with Crippen molar-refractivity contribution in [1.82, 2.24) is 10.4 Å². The summed E-state index contributed by atoms with van der Waals surface area (Å²) >= 11 is 0. The molecule has 0 bridgehead atoms. The second-order valence-electron chi connectivity index (χ2n) is 2.82. The number of hydrogen-bond donors (Lipinski definition) is 1. The number of hydrazine groups is 1. The number of fused-ring (bicyclic) bond motifs is 1. The van der Waals surface area contributed by atoms with Crippen molar-refractivity contribution >= 4 is 11.8 Å². The normalized spacial score (nSPS) is 37.1. The topological polar surface area (TPSA) is 49.4 Å². The Morgan fingerprint density at radius 1 is 1.50 bits per heavy atom. The lowest BCUT2D eigenvalue weighted by atomic mass is 10.2. The van der Waals surface area contributed by atoms with E-state index in [2.05, 4.69) is 5.43 Å². The second-order valence-corrected chi connectivity index (χ2v) is 2.82. The maximum atomic E-state index is 11.0. The first-order valence-electron chi connectivity index (χ1n) is 3.28. The van der Waals surface area contributed by atoms with E-state index in [0.29, 0.717) is 0 Å². The lowest BCUT2D eigenvalue weighted by molar-refractivity contribution is -0.146. The molecule has 0 radical (unpaired) electrons. The van der Waals surface area contributed by atoms with Crippen LogP contribution in [0.25, 0.3) is 0 Å². The zero-order valence-electron chi connectivity index (χ0n) is 5.63. The van der Waals surface area contributed by atoms with Crippen LogP contribution in [-0.2, 0) is 9.59 Å². The van der Waals surface area contributed by atoms with Crippen LogP contribution in [-0.4, -0.2) is 23.9 Å². The van der Waals surface area contributed by atoms with E-state index in [1.165, 1.54) is 5.01 Å². The van der Waals surface area contributed by atoms with Gasteiger partial charge in [-0.1, -0.05) is 0 Å². The van der Waals surface area contributed by atoms with Crippen molar-refractivity contribution in [2.45, 2.75) is 6.42 Å². The van der Waals surface area contributed by atoms with Gasteiger partial charge in [0.15, 0.2) is 0 Å². The Morgan fingerprint density at radius 3 is 2.90 bits per heavy atom. The summed E-state index contributed by atoms with van der Waals surface area (Å²) in [7, 11) is 1.58. The molecule has 1 saturated heterocycles. The van der Waals surface area contributed by atoms with E-state index in [0.717, 1.165) is 6.42 Å². The molecule has 10 heavy (non-hydrogen) atoms. The molecule has 1 aliphatic heterocycles. The lowest BCUT2D eigenvalue weighted by Crippen LogP contribution is -2.49. The van der Waals surface area contributed by atoms with Gasteiger partial charge in [-0.3, -0.25) is 20.0 Å². The van der Waals surface area contributed by atoms with Crippen LogP contribution in [0.2, 0.25) is 0 Å². The van der Waals surface area contributed by atoms with Crippen LogP contribution in [0.4, 0.5) is 0 Å². The minimum absolute atomic E-state index is 0.00116. The number of carbonyl (C=O) groups is 2. The Labute approximate surface area is 58.2 Å². The summed E-state index contributed by atoms with van der Waals surface area (Å²) in [4.78, 5) is 21.9. The fourth-order valence-electron chi connectivity index (χ4n) is 1.31. The van der Waals surface area contributed by atoms with E-state index in [1.54, 1.807) is 7.05 Å². The minimum Gasteiger partial charge on any atom is -0.273 e. The van der Waals surface area contributed by atoms with Crippen molar-refractivity contribution in [3.8, 4) is 0 Å².